The van der Waals surface area contributed by atoms with Crippen molar-refractivity contribution in [1.29, 1.82) is 0 Å². The molecule has 0 aromatic heterocycles. The predicted octanol–water partition coefficient (Wildman–Crippen LogP) is 2.59. The summed E-state index contributed by atoms with van der Waals surface area (Å²) in [6, 6.07) is 5.40. The second kappa shape index (κ2) is 4.76. The molecule has 120 valence electrons. The summed E-state index contributed by atoms with van der Waals surface area (Å²) >= 11 is 0. The van der Waals surface area contributed by atoms with Crippen LogP contribution in [0.4, 0.5) is 27.6 Å². The molecule has 2 aromatic carbocycles. The number of fused-ring (bicyclic) bond motifs is 1. The Morgan fingerprint density at radius 1 is 0.913 bits per heavy atom. The molecule has 1 atom stereocenters. The van der Waals surface area contributed by atoms with Crippen molar-refractivity contribution < 1.29 is 31.9 Å². The summed E-state index contributed by atoms with van der Waals surface area (Å²) in [5.74, 6) is -12.5. The van der Waals surface area contributed by atoms with Crippen LogP contribution in [0.1, 0.15) is 11.1 Å². The highest BCUT2D eigenvalue weighted by atomic mass is 19.2. The van der Waals surface area contributed by atoms with Gasteiger partial charge in [-0.15, -0.1) is 0 Å². The summed E-state index contributed by atoms with van der Waals surface area (Å²) in [7, 11) is 1.21. The van der Waals surface area contributed by atoms with Crippen molar-refractivity contribution in [1.82, 2.24) is 0 Å². The Morgan fingerprint density at radius 3 is 1.96 bits per heavy atom. The molecule has 1 N–H and O–H groups in total. The lowest BCUT2D eigenvalue weighted by Gasteiger charge is -2.24. The van der Waals surface area contributed by atoms with Crippen LogP contribution in [0.2, 0.25) is 0 Å². The molecule has 2 aromatic rings. The molecule has 0 fully saturated rings. The highest BCUT2D eigenvalue weighted by molar-refractivity contribution is 6.08. The number of nitrogens with zero attached hydrogens (tertiary/aromatic N) is 1. The number of benzene rings is 2. The van der Waals surface area contributed by atoms with Gasteiger partial charge in [0.2, 0.25) is 11.4 Å². The molecular weight excluding hydrogens is 321 g/mol. The average molecular weight is 329 g/mol. The van der Waals surface area contributed by atoms with E-state index in [1.807, 2.05) is 0 Å². The number of para-hydroxylation sites is 1. The molecule has 1 amide bonds. The fraction of sp³-hybridized carbons (Fsp3) is 0.133. The van der Waals surface area contributed by atoms with E-state index in [9.17, 15) is 31.9 Å². The molecule has 1 heterocycles. The van der Waals surface area contributed by atoms with E-state index in [-0.39, 0.29) is 11.3 Å². The van der Waals surface area contributed by atoms with E-state index in [1.165, 1.54) is 31.3 Å². The van der Waals surface area contributed by atoms with E-state index in [4.69, 9.17) is 0 Å². The number of amides is 1. The van der Waals surface area contributed by atoms with Crippen molar-refractivity contribution in [3.63, 3.8) is 0 Å². The van der Waals surface area contributed by atoms with E-state index in [1.54, 1.807) is 0 Å². The number of aliphatic hydroxyl groups is 1. The summed E-state index contributed by atoms with van der Waals surface area (Å²) in [5.41, 5.74) is -4.76. The molecular formula is C15H8F5NO2. The van der Waals surface area contributed by atoms with Gasteiger partial charge in [-0.3, -0.25) is 4.79 Å². The van der Waals surface area contributed by atoms with E-state index < -0.39 is 46.2 Å². The molecule has 0 bridgehead atoms. The van der Waals surface area contributed by atoms with Gasteiger partial charge in [-0.1, -0.05) is 18.2 Å². The zero-order valence-electron chi connectivity index (χ0n) is 11.5. The van der Waals surface area contributed by atoms with Crippen LogP contribution in [0.5, 0.6) is 0 Å². The molecule has 0 saturated heterocycles. The van der Waals surface area contributed by atoms with Gasteiger partial charge < -0.3 is 10.0 Å². The maximum atomic E-state index is 14.0. The first-order valence-corrected chi connectivity index (χ1v) is 6.34. The Balaban J connectivity index is 2.42. The number of carbonyl (C=O) groups is 1. The molecule has 1 unspecified atom stereocenters. The smallest absolute Gasteiger partial charge is 0.268 e. The summed E-state index contributed by atoms with van der Waals surface area (Å²) in [6.45, 7) is 0. The van der Waals surface area contributed by atoms with Crippen molar-refractivity contribution in [2.75, 3.05) is 11.9 Å². The monoisotopic (exact) mass is 329 g/mol. The Hall–Kier alpha value is -2.48. The largest absolute Gasteiger partial charge is 0.371 e. The summed E-state index contributed by atoms with van der Waals surface area (Å²) < 4.78 is 68.1. The summed E-state index contributed by atoms with van der Waals surface area (Å²) in [4.78, 5) is 13.2. The number of hydrogen-bond acceptors (Lipinski definition) is 2. The third kappa shape index (κ3) is 1.75. The second-order valence-corrected chi connectivity index (χ2v) is 5.04. The van der Waals surface area contributed by atoms with Crippen molar-refractivity contribution in [2.24, 2.45) is 0 Å². The Labute approximate surface area is 126 Å². The van der Waals surface area contributed by atoms with Gasteiger partial charge in [0.25, 0.3) is 5.91 Å². The van der Waals surface area contributed by atoms with Crippen LogP contribution >= 0.6 is 0 Å². The number of carbonyl (C=O) groups excluding carboxylic acids is 1. The van der Waals surface area contributed by atoms with Gasteiger partial charge in [0.15, 0.2) is 23.3 Å². The highest BCUT2D eigenvalue weighted by Gasteiger charge is 2.54. The lowest BCUT2D eigenvalue weighted by molar-refractivity contribution is -0.132. The van der Waals surface area contributed by atoms with E-state index >= 15 is 0 Å². The van der Waals surface area contributed by atoms with Gasteiger partial charge in [0.1, 0.15) is 0 Å². The second-order valence-electron chi connectivity index (χ2n) is 5.04. The van der Waals surface area contributed by atoms with E-state index in [0.717, 1.165) is 4.90 Å². The minimum Gasteiger partial charge on any atom is -0.371 e. The summed E-state index contributed by atoms with van der Waals surface area (Å²) in [5, 5.41) is 10.6. The third-order valence-corrected chi connectivity index (χ3v) is 3.84. The maximum Gasteiger partial charge on any atom is 0.268 e. The maximum absolute atomic E-state index is 14.0. The summed E-state index contributed by atoms with van der Waals surface area (Å²) in [6.07, 6.45) is 0. The quantitative estimate of drug-likeness (QED) is 0.496. The van der Waals surface area contributed by atoms with Gasteiger partial charge in [0, 0.05) is 12.6 Å². The predicted molar refractivity (Wildman–Crippen MR) is 69.1 cm³/mol. The van der Waals surface area contributed by atoms with Crippen LogP contribution in [0, 0.1) is 29.1 Å². The van der Waals surface area contributed by atoms with E-state index in [2.05, 4.69) is 0 Å². The van der Waals surface area contributed by atoms with Crippen molar-refractivity contribution in [3.8, 4) is 0 Å². The van der Waals surface area contributed by atoms with Gasteiger partial charge in [-0.25, -0.2) is 22.0 Å². The molecule has 8 heteroatoms. The van der Waals surface area contributed by atoms with Gasteiger partial charge in [0.05, 0.1) is 11.3 Å². The van der Waals surface area contributed by atoms with Crippen LogP contribution in [0.25, 0.3) is 0 Å². The minimum absolute atomic E-state index is 0.101. The van der Waals surface area contributed by atoms with Gasteiger partial charge in [-0.2, -0.15) is 0 Å². The minimum atomic E-state index is -3.01. The van der Waals surface area contributed by atoms with E-state index in [0.29, 0.717) is 0 Å². The molecule has 3 nitrogen and oxygen atoms in total. The molecule has 23 heavy (non-hydrogen) atoms. The number of anilines is 1. The van der Waals surface area contributed by atoms with Crippen LogP contribution in [-0.4, -0.2) is 18.1 Å². The fourth-order valence-electron chi connectivity index (χ4n) is 2.70. The molecule has 0 aliphatic carbocycles. The molecule has 1 aliphatic heterocycles. The number of hydrogen-bond donors (Lipinski definition) is 1. The topological polar surface area (TPSA) is 40.5 Å². The average Bonchev–Trinajstić information content (AvgIpc) is 2.74. The lowest BCUT2D eigenvalue weighted by atomic mass is 9.86. The number of halogens is 5. The van der Waals surface area contributed by atoms with Gasteiger partial charge >= 0.3 is 0 Å². The fourth-order valence-corrected chi connectivity index (χ4v) is 2.70. The van der Waals surface area contributed by atoms with Crippen LogP contribution < -0.4 is 4.90 Å². The Kier molecular flexibility index (Phi) is 3.19. The SMILES string of the molecule is CN1C(=O)C(O)(c2c(F)c(F)c(F)c(F)c2F)c2ccccc21. The molecule has 0 saturated carbocycles. The lowest BCUT2D eigenvalue weighted by Crippen LogP contribution is -2.41. The highest BCUT2D eigenvalue weighted by Crippen LogP contribution is 2.46. The molecule has 3 rings (SSSR count). The zero-order valence-corrected chi connectivity index (χ0v) is 11.5. The molecule has 0 spiro atoms. The molecule has 1 aliphatic rings. The van der Waals surface area contributed by atoms with Crippen LogP contribution in [-0.2, 0) is 10.4 Å². The van der Waals surface area contributed by atoms with Crippen molar-refractivity contribution in [3.05, 3.63) is 64.5 Å². The first-order valence-electron chi connectivity index (χ1n) is 6.34. The molecule has 0 radical (unpaired) electrons. The number of likely N-dealkylation sites (N-methyl/N-ethyl adjacent to an activating group) is 1. The normalized spacial score (nSPS) is 20.1. The van der Waals surface area contributed by atoms with Crippen LogP contribution in [0.15, 0.2) is 24.3 Å². The van der Waals surface area contributed by atoms with Crippen LogP contribution in [0.3, 0.4) is 0 Å². The third-order valence-electron chi connectivity index (χ3n) is 3.84. The first kappa shape index (κ1) is 15.4. The Morgan fingerprint density at radius 2 is 1.39 bits per heavy atom. The zero-order chi connectivity index (χ0) is 17.1. The van der Waals surface area contributed by atoms with Crippen molar-refractivity contribution in [2.45, 2.75) is 5.60 Å². The number of rotatable bonds is 1. The standard InChI is InChI=1S/C15H8F5NO2/c1-21-7-5-3-2-4-6(7)15(23,14(21)22)8-9(16)11(18)13(20)12(19)10(8)17/h2-5,23H,1H3. The van der Waals surface area contributed by atoms with Gasteiger partial charge in [-0.05, 0) is 6.07 Å². The first-order chi connectivity index (χ1) is 10.7. The Bertz CT molecular complexity index is 825. The van der Waals surface area contributed by atoms with Crippen molar-refractivity contribution >= 4 is 11.6 Å².